The first-order valence-electron chi connectivity index (χ1n) is 6.92. The average Bonchev–Trinajstić information content (AvgIpc) is 2.39. The second-order valence-electron chi connectivity index (χ2n) is 5.00. The van der Waals surface area contributed by atoms with Gasteiger partial charge in [-0.3, -0.25) is 4.79 Å². The van der Waals surface area contributed by atoms with Crippen LogP contribution in [0.1, 0.15) is 56.3 Å². The summed E-state index contributed by atoms with van der Waals surface area (Å²) >= 11 is 0. The molecule has 0 saturated heterocycles. The summed E-state index contributed by atoms with van der Waals surface area (Å²) in [6.07, 6.45) is 4.27. The minimum Gasteiger partial charge on any atom is -0.393 e. The maximum atomic E-state index is 12.4. The fourth-order valence-corrected chi connectivity index (χ4v) is 2.14. The van der Waals surface area contributed by atoms with Crippen molar-refractivity contribution in [3.63, 3.8) is 0 Å². The van der Waals surface area contributed by atoms with Gasteiger partial charge in [-0.05, 0) is 26.2 Å². The lowest BCUT2D eigenvalue weighted by Gasteiger charge is -2.16. The van der Waals surface area contributed by atoms with Gasteiger partial charge < -0.3 is 5.11 Å². The molecular weight excluding hydrogens is 224 g/mol. The Labute approximate surface area is 110 Å². The molecule has 0 saturated carbocycles. The highest BCUT2D eigenvalue weighted by molar-refractivity contribution is 5.97. The number of aliphatic hydroxyl groups is 1. The molecule has 0 aromatic heterocycles. The van der Waals surface area contributed by atoms with Crippen LogP contribution in [0.2, 0.25) is 0 Å². The van der Waals surface area contributed by atoms with Crippen LogP contribution >= 0.6 is 0 Å². The molecule has 0 bridgehead atoms. The van der Waals surface area contributed by atoms with E-state index in [0.717, 1.165) is 31.2 Å². The molecule has 2 atom stereocenters. The van der Waals surface area contributed by atoms with E-state index in [0.29, 0.717) is 6.42 Å². The molecule has 18 heavy (non-hydrogen) atoms. The van der Waals surface area contributed by atoms with Crippen molar-refractivity contribution in [1.29, 1.82) is 0 Å². The van der Waals surface area contributed by atoms with Gasteiger partial charge >= 0.3 is 0 Å². The van der Waals surface area contributed by atoms with E-state index in [2.05, 4.69) is 6.92 Å². The van der Waals surface area contributed by atoms with E-state index in [1.807, 2.05) is 30.3 Å². The normalized spacial score (nSPS) is 14.2. The van der Waals surface area contributed by atoms with E-state index in [1.165, 1.54) is 0 Å². The minimum atomic E-state index is -0.322. The Morgan fingerprint density at radius 3 is 2.39 bits per heavy atom. The van der Waals surface area contributed by atoms with Crippen molar-refractivity contribution in [1.82, 2.24) is 0 Å². The van der Waals surface area contributed by atoms with Crippen LogP contribution in [0.3, 0.4) is 0 Å². The number of unbranched alkanes of at least 4 members (excludes halogenated alkanes) is 1. The van der Waals surface area contributed by atoms with E-state index in [-0.39, 0.29) is 17.8 Å². The number of hydrogen-bond donors (Lipinski definition) is 1. The van der Waals surface area contributed by atoms with Crippen LogP contribution in [0.25, 0.3) is 0 Å². The SMILES string of the molecule is CCCCC(CCC(C)O)C(=O)c1ccccc1. The molecule has 0 aliphatic heterocycles. The lowest BCUT2D eigenvalue weighted by atomic mass is 9.88. The predicted octanol–water partition coefficient (Wildman–Crippen LogP) is 3.84. The van der Waals surface area contributed by atoms with Gasteiger partial charge in [0.2, 0.25) is 0 Å². The lowest BCUT2D eigenvalue weighted by molar-refractivity contribution is 0.0886. The Bertz CT molecular complexity index is 343. The van der Waals surface area contributed by atoms with Gasteiger partial charge in [-0.1, -0.05) is 50.1 Å². The summed E-state index contributed by atoms with van der Waals surface area (Å²) in [4.78, 5) is 12.4. The molecule has 0 spiro atoms. The van der Waals surface area contributed by atoms with Crippen molar-refractivity contribution in [2.24, 2.45) is 5.92 Å². The Morgan fingerprint density at radius 2 is 1.83 bits per heavy atom. The molecule has 2 heteroatoms. The van der Waals surface area contributed by atoms with Gasteiger partial charge in [-0.25, -0.2) is 0 Å². The third-order valence-electron chi connectivity index (χ3n) is 3.27. The van der Waals surface area contributed by atoms with Gasteiger partial charge in [0.05, 0.1) is 6.10 Å². The van der Waals surface area contributed by atoms with Crippen molar-refractivity contribution in [2.45, 2.75) is 52.1 Å². The van der Waals surface area contributed by atoms with Crippen molar-refractivity contribution in [2.75, 3.05) is 0 Å². The molecule has 1 aromatic carbocycles. The third kappa shape index (κ3) is 5.01. The number of rotatable bonds is 8. The highest BCUT2D eigenvalue weighted by atomic mass is 16.3. The summed E-state index contributed by atoms with van der Waals surface area (Å²) < 4.78 is 0. The van der Waals surface area contributed by atoms with Crippen molar-refractivity contribution >= 4 is 5.78 Å². The summed E-state index contributed by atoms with van der Waals surface area (Å²) in [5.74, 6) is 0.284. The molecule has 0 aliphatic rings. The minimum absolute atomic E-state index is 0.0574. The topological polar surface area (TPSA) is 37.3 Å². The largest absolute Gasteiger partial charge is 0.393 e. The van der Waals surface area contributed by atoms with Crippen LogP contribution in [0.5, 0.6) is 0 Å². The van der Waals surface area contributed by atoms with Crippen LogP contribution < -0.4 is 0 Å². The molecule has 0 radical (unpaired) electrons. The first kappa shape index (κ1) is 14.9. The second kappa shape index (κ2) is 8.04. The molecule has 0 fully saturated rings. The van der Waals surface area contributed by atoms with Crippen LogP contribution in [0.15, 0.2) is 30.3 Å². The molecule has 0 amide bonds. The molecular formula is C16H24O2. The summed E-state index contributed by atoms with van der Waals surface area (Å²) in [6, 6.07) is 9.48. The average molecular weight is 248 g/mol. The predicted molar refractivity (Wildman–Crippen MR) is 74.7 cm³/mol. The standard InChI is InChI=1S/C16H24O2/c1-3-4-8-15(12-11-13(2)17)16(18)14-9-6-5-7-10-14/h5-7,9-10,13,15,17H,3-4,8,11-12H2,1-2H3. The number of hydrogen-bond acceptors (Lipinski definition) is 2. The Balaban J connectivity index is 2.66. The molecule has 100 valence electrons. The highest BCUT2D eigenvalue weighted by Gasteiger charge is 2.19. The van der Waals surface area contributed by atoms with Crippen LogP contribution in [0, 0.1) is 5.92 Å². The number of Topliss-reactive ketones (excluding diaryl/α,β-unsaturated/α-hetero) is 1. The summed E-state index contributed by atoms with van der Waals surface area (Å²) in [6.45, 7) is 3.92. The van der Waals surface area contributed by atoms with Crippen molar-refractivity contribution in [3.8, 4) is 0 Å². The maximum absolute atomic E-state index is 12.4. The van der Waals surface area contributed by atoms with Crippen LogP contribution in [-0.4, -0.2) is 17.0 Å². The van der Waals surface area contributed by atoms with E-state index in [9.17, 15) is 9.90 Å². The zero-order valence-electron chi connectivity index (χ0n) is 11.4. The van der Waals surface area contributed by atoms with E-state index in [4.69, 9.17) is 0 Å². The number of carbonyl (C=O) groups excluding carboxylic acids is 1. The van der Waals surface area contributed by atoms with Gasteiger partial charge in [0.15, 0.2) is 5.78 Å². The fourth-order valence-electron chi connectivity index (χ4n) is 2.14. The third-order valence-corrected chi connectivity index (χ3v) is 3.27. The maximum Gasteiger partial charge on any atom is 0.165 e. The number of carbonyl (C=O) groups is 1. The Kier molecular flexibility index (Phi) is 6.66. The van der Waals surface area contributed by atoms with Gasteiger partial charge in [0.25, 0.3) is 0 Å². The van der Waals surface area contributed by atoms with Crippen LogP contribution in [0.4, 0.5) is 0 Å². The Hall–Kier alpha value is -1.15. The van der Waals surface area contributed by atoms with Crippen molar-refractivity contribution in [3.05, 3.63) is 35.9 Å². The molecule has 0 heterocycles. The molecule has 2 nitrogen and oxygen atoms in total. The molecule has 0 aliphatic carbocycles. The van der Waals surface area contributed by atoms with E-state index >= 15 is 0 Å². The molecule has 1 N–H and O–H groups in total. The van der Waals surface area contributed by atoms with E-state index in [1.54, 1.807) is 6.92 Å². The van der Waals surface area contributed by atoms with Crippen molar-refractivity contribution < 1.29 is 9.90 Å². The number of benzene rings is 1. The fraction of sp³-hybridized carbons (Fsp3) is 0.562. The summed E-state index contributed by atoms with van der Waals surface area (Å²) in [7, 11) is 0. The first-order chi connectivity index (χ1) is 8.65. The number of ketones is 1. The number of aliphatic hydroxyl groups excluding tert-OH is 1. The van der Waals surface area contributed by atoms with E-state index < -0.39 is 0 Å². The van der Waals surface area contributed by atoms with Crippen LogP contribution in [-0.2, 0) is 0 Å². The Morgan fingerprint density at radius 1 is 1.17 bits per heavy atom. The summed E-state index contributed by atoms with van der Waals surface area (Å²) in [5, 5.41) is 9.37. The molecule has 1 aromatic rings. The smallest absolute Gasteiger partial charge is 0.165 e. The highest BCUT2D eigenvalue weighted by Crippen LogP contribution is 2.21. The molecule has 2 unspecified atom stereocenters. The zero-order chi connectivity index (χ0) is 13.4. The van der Waals surface area contributed by atoms with Gasteiger partial charge in [-0.2, -0.15) is 0 Å². The summed E-state index contributed by atoms with van der Waals surface area (Å²) in [5.41, 5.74) is 0.796. The second-order valence-corrected chi connectivity index (χ2v) is 5.00. The van der Waals surface area contributed by atoms with Gasteiger partial charge in [0, 0.05) is 11.5 Å². The zero-order valence-corrected chi connectivity index (χ0v) is 11.4. The first-order valence-corrected chi connectivity index (χ1v) is 6.92. The van der Waals surface area contributed by atoms with Gasteiger partial charge in [0.1, 0.15) is 0 Å². The monoisotopic (exact) mass is 248 g/mol. The van der Waals surface area contributed by atoms with Gasteiger partial charge in [-0.15, -0.1) is 0 Å². The lowest BCUT2D eigenvalue weighted by Crippen LogP contribution is -2.17. The molecule has 1 rings (SSSR count). The quantitative estimate of drug-likeness (QED) is 0.710.